The molecule has 1 heterocycles. The zero-order chi connectivity index (χ0) is 17.0. The van der Waals surface area contributed by atoms with Crippen LogP contribution in [0, 0.1) is 12.7 Å². The Balaban J connectivity index is 2.32. The molecule has 6 heteroatoms. The van der Waals surface area contributed by atoms with Gasteiger partial charge in [-0.2, -0.15) is 0 Å². The van der Waals surface area contributed by atoms with Crippen LogP contribution >= 0.6 is 0 Å². The van der Waals surface area contributed by atoms with Crippen molar-refractivity contribution >= 4 is 5.82 Å². The summed E-state index contributed by atoms with van der Waals surface area (Å²) in [6.45, 7) is 4.36. The second-order valence-corrected chi connectivity index (χ2v) is 5.30. The lowest BCUT2D eigenvalue weighted by molar-refractivity contribution is 0.354. The van der Waals surface area contributed by atoms with Gasteiger partial charge in [0.25, 0.3) is 0 Å². The highest BCUT2D eigenvalue weighted by atomic mass is 19.1. The Bertz CT molecular complexity index is 692. The van der Waals surface area contributed by atoms with E-state index in [1.165, 1.54) is 6.33 Å². The normalized spacial score (nSPS) is 10.5. The maximum atomic E-state index is 14.4. The van der Waals surface area contributed by atoms with E-state index in [4.69, 9.17) is 9.47 Å². The Labute approximate surface area is 136 Å². The molecular weight excluding hydrogens is 297 g/mol. The summed E-state index contributed by atoms with van der Waals surface area (Å²) < 4.78 is 25.0. The van der Waals surface area contributed by atoms with Gasteiger partial charge in [-0.05, 0) is 36.6 Å². The van der Waals surface area contributed by atoms with Crippen LogP contribution in [-0.4, -0.2) is 31.2 Å². The molecule has 23 heavy (non-hydrogen) atoms. The van der Waals surface area contributed by atoms with Gasteiger partial charge in [-0.25, -0.2) is 14.4 Å². The van der Waals surface area contributed by atoms with E-state index in [9.17, 15) is 4.39 Å². The van der Waals surface area contributed by atoms with Gasteiger partial charge in [0.1, 0.15) is 6.33 Å². The fourth-order valence-corrected chi connectivity index (χ4v) is 2.43. The van der Waals surface area contributed by atoms with Crippen molar-refractivity contribution in [2.75, 3.05) is 26.2 Å². The minimum atomic E-state index is -0.365. The first kappa shape index (κ1) is 17.0. The zero-order valence-electron chi connectivity index (χ0n) is 14.2. The predicted molar refractivity (Wildman–Crippen MR) is 87.8 cm³/mol. The molecule has 0 spiro atoms. The van der Waals surface area contributed by atoms with Crippen molar-refractivity contribution in [2.24, 2.45) is 0 Å². The minimum Gasteiger partial charge on any atom is -0.493 e. The molecule has 0 aliphatic heterocycles. The average Bonchev–Trinajstić information content (AvgIpc) is 2.56. The van der Waals surface area contributed by atoms with Gasteiger partial charge in [-0.15, -0.1) is 0 Å². The molecule has 0 fully saturated rings. The molecule has 0 saturated heterocycles. The van der Waals surface area contributed by atoms with Crippen molar-refractivity contribution in [1.29, 1.82) is 0 Å². The topological polar surface area (TPSA) is 47.5 Å². The van der Waals surface area contributed by atoms with Crippen LogP contribution in [0.15, 0.2) is 18.5 Å². The first-order valence-corrected chi connectivity index (χ1v) is 7.43. The van der Waals surface area contributed by atoms with Crippen molar-refractivity contribution in [3.63, 3.8) is 0 Å². The van der Waals surface area contributed by atoms with E-state index in [0.717, 1.165) is 11.1 Å². The number of aromatic nitrogens is 2. The SMILES string of the molecule is CCc1ncnc(N(C)Cc2cc(OC)c(OC)cc2C)c1F. The van der Waals surface area contributed by atoms with Crippen LogP contribution in [0.4, 0.5) is 10.2 Å². The lowest BCUT2D eigenvalue weighted by atomic mass is 10.1. The molecule has 5 nitrogen and oxygen atoms in total. The molecule has 124 valence electrons. The maximum absolute atomic E-state index is 14.4. The molecule has 0 aliphatic carbocycles. The molecule has 1 aromatic carbocycles. The maximum Gasteiger partial charge on any atom is 0.187 e. The van der Waals surface area contributed by atoms with Gasteiger partial charge in [0, 0.05) is 13.6 Å². The van der Waals surface area contributed by atoms with E-state index in [1.807, 2.05) is 26.0 Å². The summed E-state index contributed by atoms with van der Waals surface area (Å²) in [5.41, 5.74) is 2.48. The van der Waals surface area contributed by atoms with Gasteiger partial charge >= 0.3 is 0 Å². The Morgan fingerprint density at radius 2 is 1.78 bits per heavy atom. The van der Waals surface area contributed by atoms with Crippen LogP contribution in [0.3, 0.4) is 0 Å². The van der Waals surface area contributed by atoms with Crippen molar-refractivity contribution in [3.8, 4) is 11.5 Å². The molecular formula is C17H22FN3O2. The van der Waals surface area contributed by atoms with Gasteiger partial charge in [-0.3, -0.25) is 0 Å². The van der Waals surface area contributed by atoms with Crippen LogP contribution < -0.4 is 14.4 Å². The van der Waals surface area contributed by atoms with E-state index >= 15 is 0 Å². The molecule has 0 saturated carbocycles. The van der Waals surface area contributed by atoms with Gasteiger partial charge in [0.05, 0.1) is 19.9 Å². The first-order valence-electron chi connectivity index (χ1n) is 7.43. The van der Waals surface area contributed by atoms with Crippen LogP contribution in [0.25, 0.3) is 0 Å². The van der Waals surface area contributed by atoms with Crippen LogP contribution in [-0.2, 0) is 13.0 Å². The van der Waals surface area contributed by atoms with Crippen molar-refractivity contribution in [3.05, 3.63) is 41.1 Å². The summed E-state index contributed by atoms with van der Waals surface area (Å²) in [6.07, 6.45) is 1.93. The second-order valence-electron chi connectivity index (χ2n) is 5.30. The van der Waals surface area contributed by atoms with Crippen LogP contribution in [0.1, 0.15) is 23.7 Å². The number of anilines is 1. The number of hydrogen-bond donors (Lipinski definition) is 0. The summed E-state index contributed by atoms with van der Waals surface area (Å²) in [6, 6.07) is 3.82. The summed E-state index contributed by atoms with van der Waals surface area (Å²) in [5.74, 6) is 1.26. The largest absolute Gasteiger partial charge is 0.493 e. The minimum absolute atomic E-state index is 0.297. The van der Waals surface area contributed by atoms with Crippen molar-refractivity contribution < 1.29 is 13.9 Å². The summed E-state index contributed by atoms with van der Waals surface area (Å²) in [7, 11) is 5.00. The number of hydrogen-bond acceptors (Lipinski definition) is 5. The zero-order valence-corrected chi connectivity index (χ0v) is 14.2. The highest BCUT2D eigenvalue weighted by Crippen LogP contribution is 2.31. The summed E-state index contributed by atoms with van der Waals surface area (Å²) in [4.78, 5) is 9.81. The smallest absolute Gasteiger partial charge is 0.187 e. The van der Waals surface area contributed by atoms with Gasteiger partial charge in [0.15, 0.2) is 23.1 Å². The molecule has 0 atom stereocenters. The molecule has 0 N–H and O–H groups in total. The van der Waals surface area contributed by atoms with Crippen LogP contribution in [0.2, 0.25) is 0 Å². The highest BCUT2D eigenvalue weighted by molar-refractivity contribution is 5.49. The molecule has 0 amide bonds. The number of halogens is 1. The third-order valence-corrected chi connectivity index (χ3v) is 3.79. The van der Waals surface area contributed by atoms with Crippen molar-refractivity contribution in [2.45, 2.75) is 26.8 Å². The summed E-state index contributed by atoms with van der Waals surface area (Å²) in [5, 5.41) is 0. The molecule has 0 unspecified atom stereocenters. The molecule has 0 aliphatic rings. The van der Waals surface area contributed by atoms with E-state index in [1.54, 1.807) is 26.2 Å². The van der Waals surface area contributed by atoms with E-state index in [2.05, 4.69) is 9.97 Å². The lowest BCUT2D eigenvalue weighted by Gasteiger charge is -2.21. The average molecular weight is 319 g/mol. The number of rotatable bonds is 6. The first-order chi connectivity index (χ1) is 11.0. The van der Waals surface area contributed by atoms with Crippen molar-refractivity contribution in [1.82, 2.24) is 9.97 Å². The van der Waals surface area contributed by atoms with E-state index < -0.39 is 0 Å². The fraction of sp³-hybridized carbons (Fsp3) is 0.412. The molecule has 0 bridgehead atoms. The van der Waals surface area contributed by atoms with E-state index in [0.29, 0.717) is 36.0 Å². The number of ether oxygens (including phenoxy) is 2. The Morgan fingerprint density at radius 3 is 2.39 bits per heavy atom. The quantitative estimate of drug-likeness (QED) is 0.818. The molecule has 0 radical (unpaired) electrons. The van der Waals surface area contributed by atoms with Gasteiger partial charge < -0.3 is 14.4 Å². The summed E-state index contributed by atoms with van der Waals surface area (Å²) >= 11 is 0. The Kier molecular flexibility index (Phi) is 5.36. The number of aryl methyl sites for hydroxylation is 2. The number of methoxy groups -OCH3 is 2. The van der Waals surface area contributed by atoms with E-state index in [-0.39, 0.29) is 5.82 Å². The predicted octanol–water partition coefficient (Wildman–Crippen LogP) is 3.14. The lowest BCUT2D eigenvalue weighted by Crippen LogP contribution is -2.21. The number of benzene rings is 1. The third kappa shape index (κ3) is 3.52. The Morgan fingerprint density at radius 1 is 1.13 bits per heavy atom. The monoisotopic (exact) mass is 319 g/mol. The standard InChI is InChI=1S/C17H22FN3O2/c1-6-13-16(18)17(20-10-19-13)21(3)9-12-8-15(23-5)14(22-4)7-11(12)2/h7-8,10H,6,9H2,1-5H3. The molecule has 2 aromatic rings. The number of nitrogens with zero attached hydrogens (tertiary/aromatic N) is 3. The van der Waals surface area contributed by atoms with Gasteiger partial charge in [0.2, 0.25) is 0 Å². The highest BCUT2D eigenvalue weighted by Gasteiger charge is 2.16. The second kappa shape index (κ2) is 7.26. The molecule has 1 aromatic heterocycles. The van der Waals surface area contributed by atoms with Crippen LogP contribution in [0.5, 0.6) is 11.5 Å². The Hall–Kier alpha value is -2.37. The molecule has 2 rings (SSSR count). The fourth-order valence-electron chi connectivity index (χ4n) is 2.43. The van der Waals surface area contributed by atoms with Gasteiger partial charge in [-0.1, -0.05) is 6.92 Å². The third-order valence-electron chi connectivity index (χ3n) is 3.79.